The lowest BCUT2D eigenvalue weighted by atomic mass is 10.1. The zero-order valence-corrected chi connectivity index (χ0v) is 11.9. The van der Waals surface area contributed by atoms with E-state index in [2.05, 4.69) is 16.6 Å². The fourth-order valence-electron chi connectivity index (χ4n) is 1.69. The third-order valence-corrected chi connectivity index (χ3v) is 2.70. The van der Waals surface area contributed by atoms with Gasteiger partial charge in [0.2, 0.25) is 5.91 Å². The minimum Gasteiger partial charge on any atom is -0.493 e. The van der Waals surface area contributed by atoms with Crippen LogP contribution in [0.3, 0.4) is 0 Å². The molecular formula is C15H20N2O3. The molecule has 0 aliphatic carbocycles. The Bertz CT molecular complexity index is 480. The summed E-state index contributed by atoms with van der Waals surface area (Å²) in [4.78, 5) is 11.4. The van der Waals surface area contributed by atoms with Crippen molar-refractivity contribution < 1.29 is 14.3 Å². The van der Waals surface area contributed by atoms with Crippen LogP contribution >= 0.6 is 0 Å². The molecule has 5 heteroatoms. The first-order valence-corrected chi connectivity index (χ1v) is 6.33. The van der Waals surface area contributed by atoms with Gasteiger partial charge in [0.1, 0.15) is 0 Å². The first kappa shape index (κ1) is 15.9. The normalized spacial score (nSPS) is 9.65. The zero-order valence-electron chi connectivity index (χ0n) is 11.9. The van der Waals surface area contributed by atoms with Crippen LogP contribution < -0.4 is 20.1 Å². The van der Waals surface area contributed by atoms with Crippen LogP contribution in [0.15, 0.2) is 18.2 Å². The third-order valence-electron chi connectivity index (χ3n) is 2.70. The molecule has 0 heterocycles. The molecule has 0 saturated carbocycles. The molecule has 5 nitrogen and oxygen atoms in total. The van der Waals surface area contributed by atoms with Crippen LogP contribution in [0.5, 0.6) is 11.5 Å². The second-order valence-corrected chi connectivity index (χ2v) is 4.10. The monoisotopic (exact) mass is 276 g/mol. The number of hydrogen-bond donors (Lipinski definition) is 2. The number of hydrogen-bond acceptors (Lipinski definition) is 4. The molecule has 20 heavy (non-hydrogen) atoms. The molecule has 0 bridgehead atoms. The van der Waals surface area contributed by atoms with Gasteiger partial charge >= 0.3 is 0 Å². The third kappa shape index (κ3) is 5.21. The average Bonchev–Trinajstić information content (AvgIpc) is 2.47. The van der Waals surface area contributed by atoms with E-state index in [0.717, 1.165) is 12.0 Å². The SMILES string of the molecule is C#CCNCC(=O)NCCc1ccc(OC)c(OC)c1. The topological polar surface area (TPSA) is 59.6 Å². The summed E-state index contributed by atoms with van der Waals surface area (Å²) in [6.45, 7) is 1.19. The molecule has 0 fully saturated rings. The van der Waals surface area contributed by atoms with Gasteiger partial charge in [-0.3, -0.25) is 10.1 Å². The molecule has 0 aliphatic rings. The fourth-order valence-corrected chi connectivity index (χ4v) is 1.69. The first-order chi connectivity index (χ1) is 9.71. The Hall–Kier alpha value is -2.19. The number of benzene rings is 1. The van der Waals surface area contributed by atoms with Crippen LogP contribution in [0.25, 0.3) is 0 Å². The zero-order chi connectivity index (χ0) is 14.8. The summed E-state index contributed by atoms with van der Waals surface area (Å²) < 4.78 is 10.4. The summed E-state index contributed by atoms with van der Waals surface area (Å²) in [6, 6.07) is 5.70. The van der Waals surface area contributed by atoms with Crippen LogP contribution in [0.4, 0.5) is 0 Å². The second kappa shape index (κ2) is 8.83. The van der Waals surface area contributed by atoms with Gasteiger partial charge in [0.25, 0.3) is 0 Å². The van der Waals surface area contributed by atoms with E-state index in [1.54, 1.807) is 14.2 Å². The van der Waals surface area contributed by atoms with E-state index in [1.165, 1.54) is 0 Å². The Morgan fingerprint density at radius 2 is 2.05 bits per heavy atom. The molecule has 1 aromatic rings. The number of carbonyl (C=O) groups excluding carboxylic acids is 1. The molecule has 0 unspecified atom stereocenters. The number of terminal acetylenes is 1. The van der Waals surface area contributed by atoms with Crippen LogP contribution in [0.2, 0.25) is 0 Å². The highest BCUT2D eigenvalue weighted by molar-refractivity contribution is 5.78. The van der Waals surface area contributed by atoms with Gasteiger partial charge in [-0.05, 0) is 24.1 Å². The Morgan fingerprint density at radius 1 is 1.30 bits per heavy atom. The fraction of sp³-hybridized carbons (Fsp3) is 0.400. The van der Waals surface area contributed by atoms with Crippen molar-refractivity contribution in [2.75, 3.05) is 33.9 Å². The first-order valence-electron chi connectivity index (χ1n) is 6.33. The van der Waals surface area contributed by atoms with Crippen LogP contribution in [-0.4, -0.2) is 39.8 Å². The maximum atomic E-state index is 11.4. The molecule has 1 rings (SSSR count). The summed E-state index contributed by atoms with van der Waals surface area (Å²) in [5.74, 6) is 3.72. The van der Waals surface area contributed by atoms with Gasteiger partial charge in [0.15, 0.2) is 11.5 Å². The molecule has 0 atom stereocenters. The van der Waals surface area contributed by atoms with Crippen molar-refractivity contribution >= 4 is 5.91 Å². The van der Waals surface area contributed by atoms with E-state index in [0.29, 0.717) is 24.6 Å². The number of rotatable bonds is 8. The van der Waals surface area contributed by atoms with E-state index in [1.807, 2.05) is 18.2 Å². The predicted molar refractivity (Wildman–Crippen MR) is 78.0 cm³/mol. The predicted octanol–water partition coefficient (Wildman–Crippen LogP) is 0.585. The average molecular weight is 276 g/mol. The van der Waals surface area contributed by atoms with Crippen molar-refractivity contribution in [2.45, 2.75) is 6.42 Å². The van der Waals surface area contributed by atoms with Gasteiger partial charge in [-0.2, -0.15) is 0 Å². The molecular weight excluding hydrogens is 256 g/mol. The Morgan fingerprint density at radius 3 is 2.70 bits per heavy atom. The van der Waals surface area contributed by atoms with E-state index in [4.69, 9.17) is 15.9 Å². The molecule has 0 spiro atoms. The highest BCUT2D eigenvalue weighted by atomic mass is 16.5. The molecule has 0 aromatic heterocycles. The maximum absolute atomic E-state index is 11.4. The minimum absolute atomic E-state index is 0.0688. The Labute approximate surface area is 119 Å². The van der Waals surface area contributed by atoms with Crippen molar-refractivity contribution in [1.82, 2.24) is 10.6 Å². The highest BCUT2D eigenvalue weighted by Crippen LogP contribution is 2.27. The van der Waals surface area contributed by atoms with Crippen LogP contribution in [0.1, 0.15) is 5.56 Å². The Balaban J connectivity index is 2.39. The lowest BCUT2D eigenvalue weighted by molar-refractivity contribution is -0.120. The van der Waals surface area contributed by atoms with Gasteiger partial charge in [0.05, 0.1) is 27.3 Å². The van der Waals surface area contributed by atoms with Crippen molar-refractivity contribution in [2.24, 2.45) is 0 Å². The number of nitrogens with one attached hydrogen (secondary N) is 2. The minimum atomic E-state index is -0.0688. The van der Waals surface area contributed by atoms with Crippen molar-refractivity contribution in [3.8, 4) is 23.8 Å². The van der Waals surface area contributed by atoms with E-state index in [9.17, 15) is 4.79 Å². The lowest BCUT2D eigenvalue weighted by Gasteiger charge is -2.10. The second-order valence-electron chi connectivity index (χ2n) is 4.10. The standard InChI is InChI=1S/C15H20N2O3/c1-4-8-16-11-15(18)17-9-7-12-5-6-13(19-2)14(10-12)20-3/h1,5-6,10,16H,7-9,11H2,2-3H3,(H,17,18). The van der Waals surface area contributed by atoms with E-state index in [-0.39, 0.29) is 12.5 Å². The quantitative estimate of drug-likeness (QED) is 0.539. The van der Waals surface area contributed by atoms with Crippen molar-refractivity contribution in [1.29, 1.82) is 0 Å². The maximum Gasteiger partial charge on any atom is 0.233 e. The smallest absolute Gasteiger partial charge is 0.233 e. The van der Waals surface area contributed by atoms with E-state index >= 15 is 0 Å². The Kier molecular flexibility index (Phi) is 7.01. The number of carbonyl (C=O) groups is 1. The number of methoxy groups -OCH3 is 2. The number of amides is 1. The summed E-state index contributed by atoms with van der Waals surface area (Å²) in [5, 5.41) is 5.65. The van der Waals surface area contributed by atoms with E-state index < -0.39 is 0 Å². The van der Waals surface area contributed by atoms with Crippen LogP contribution in [-0.2, 0) is 11.2 Å². The van der Waals surface area contributed by atoms with Gasteiger partial charge in [-0.1, -0.05) is 12.0 Å². The molecule has 0 saturated heterocycles. The van der Waals surface area contributed by atoms with Crippen LogP contribution in [0, 0.1) is 12.3 Å². The molecule has 108 valence electrons. The molecule has 0 radical (unpaired) electrons. The van der Waals surface area contributed by atoms with Crippen molar-refractivity contribution in [3.05, 3.63) is 23.8 Å². The number of ether oxygens (including phenoxy) is 2. The highest BCUT2D eigenvalue weighted by Gasteiger charge is 2.05. The van der Waals surface area contributed by atoms with Gasteiger partial charge in [-0.25, -0.2) is 0 Å². The van der Waals surface area contributed by atoms with Gasteiger partial charge in [-0.15, -0.1) is 6.42 Å². The molecule has 0 aliphatic heterocycles. The largest absolute Gasteiger partial charge is 0.493 e. The lowest BCUT2D eigenvalue weighted by Crippen LogP contribution is -2.35. The summed E-state index contributed by atoms with van der Waals surface area (Å²) in [7, 11) is 3.20. The van der Waals surface area contributed by atoms with Gasteiger partial charge < -0.3 is 14.8 Å². The summed E-state index contributed by atoms with van der Waals surface area (Å²) in [6.07, 6.45) is 5.80. The molecule has 1 aromatic carbocycles. The molecule has 2 N–H and O–H groups in total. The van der Waals surface area contributed by atoms with Gasteiger partial charge in [0, 0.05) is 6.54 Å². The summed E-state index contributed by atoms with van der Waals surface area (Å²) in [5.41, 5.74) is 1.07. The summed E-state index contributed by atoms with van der Waals surface area (Å²) >= 11 is 0. The van der Waals surface area contributed by atoms with Crippen molar-refractivity contribution in [3.63, 3.8) is 0 Å². The molecule has 1 amide bonds.